The van der Waals surface area contributed by atoms with Gasteiger partial charge in [-0.25, -0.2) is 14.4 Å². The molecule has 2 saturated heterocycles. The number of hydrogen-bond donors (Lipinski definition) is 3. The van der Waals surface area contributed by atoms with E-state index in [0.717, 1.165) is 12.1 Å². The highest BCUT2D eigenvalue weighted by molar-refractivity contribution is 6.75. The van der Waals surface area contributed by atoms with Crippen molar-refractivity contribution in [2.24, 2.45) is 0 Å². The predicted octanol–water partition coefficient (Wildman–Crippen LogP) is 21.0. The van der Waals surface area contributed by atoms with Crippen molar-refractivity contribution >= 4 is 90.9 Å². The van der Waals surface area contributed by atoms with Crippen molar-refractivity contribution in [1.82, 2.24) is 19.1 Å². The Balaban J connectivity index is 0.000000245. The molecule has 0 aliphatic carbocycles. The summed E-state index contributed by atoms with van der Waals surface area (Å²) in [5.74, 6) is -3.20. The highest BCUT2D eigenvalue weighted by Gasteiger charge is 2.50. The number of nitrogen functional groups attached to an aromatic ring is 1. The largest absolute Gasteiger partial charge is 0.485 e. The van der Waals surface area contributed by atoms with Crippen molar-refractivity contribution in [3.05, 3.63) is 321 Å². The van der Waals surface area contributed by atoms with Crippen LogP contribution in [-0.2, 0) is 66.8 Å². The lowest BCUT2D eigenvalue weighted by Gasteiger charge is -2.40. The first-order valence-electron chi connectivity index (χ1n) is 45.8. The molecule has 0 radical (unpaired) electrons. The van der Waals surface area contributed by atoms with E-state index in [9.17, 15) is 85.0 Å². The average molecular weight is 2040 g/mol. The van der Waals surface area contributed by atoms with Crippen LogP contribution in [0.1, 0.15) is 162 Å². The Morgan fingerprint density at radius 3 is 0.916 bits per heavy atom. The van der Waals surface area contributed by atoms with Crippen LogP contribution in [0.25, 0.3) is 0 Å². The number of nitrogens with one attached hydrogen (secondary N) is 1. The summed E-state index contributed by atoms with van der Waals surface area (Å²) in [5.41, 5.74) is 3.62. The fourth-order valence-corrected chi connectivity index (χ4v) is 18.6. The van der Waals surface area contributed by atoms with Crippen LogP contribution >= 0.6 is 0 Å². The molecule has 764 valence electrons. The zero-order valence-electron chi connectivity index (χ0n) is 83.4. The van der Waals surface area contributed by atoms with Crippen molar-refractivity contribution in [2.75, 3.05) is 24.3 Å². The monoisotopic (exact) mass is 2040 g/mol. The van der Waals surface area contributed by atoms with E-state index >= 15 is 0 Å². The fourth-order valence-electron chi connectivity index (χ4n) is 13.9. The van der Waals surface area contributed by atoms with Gasteiger partial charge in [0.05, 0.1) is 93.9 Å². The summed E-state index contributed by atoms with van der Waals surface area (Å²) in [6.07, 6.45) is 1.64. The second-order valence-corrected chi connectivity index (χ2v) is 59.3. The minimum absolute atomic E-state index is 0.0504. The molecule has 0 bridgehead atoms. The number of carboxylic acid groups (broad SMARTS) is 1. The summed E-state index contributed by atoms with van der Waals surface area (Å²) in [7, 11) is -8.46. The molecule has 4 heterocycles. The summed E-state index contributed by atoms with van der Waals surface area (Å²) in [5, 5.41) is 82.6. The molecule has 0 saturated carbocycles. The Morgan fingerprint density at radius 2 is 0.657 bits per heavy atom. The van der Waals surface area contributed by atoms with E-state index in [4.69, 9.17) is 61.3 Å². The highest BCUT2D eigenvalue weighted by atomic mass is 28.4. The summed E-state index contributed by atoms with van der Waals surface area (Å²) in [6.45, 7) is 42.2. The quantitative estimate of drug-likeness (QED) is 0.0183. The molecule has 1 amide bonds. The first-order valence-corrected chi connectivity index (χ1v) is 57.4. The number of ether oxygens (including phenoxy) is 8. The van der Waals surface area contributed by atoms with Gasteiger partial charge < -0.3 is 71.8 Å². The molecular formula is C98H122N12O29Si4. The zero-order valence-corrected chi connectivity index (χ0v) is 87.4. The van der Waals surface area contributed by atoms with Crippen molar-refractivity contribution in [1.29, 1.82) is 0 Å². The number of nitro benzene ring substituents is 6. The number of para-hydroxylation sites is 6. The number of rotatable bonds is 39. The first kappa shape index (κ1) is 111. The number of anilines is 2. The maximum Gasteiger partial charge on any atom is 0.351 e. The van der Waals surface area contributed by atoms with Gasteiger partial charge in [0, 0.05) is 67.2 Å². The number of benzene rings is 8. The van der Waals surface area contributed by atoms with Crippen LogP contribution < -0.4 is 50.9 Å². The molecule has 0 spiro atoms. The molecule has 41 nitrogen and oxygen atoms in total. The molecule has 4 N–H and O–H groups in total. The lowest BCUT2D eigenvalue weighted by molar-refractivity contribution is -0.386. The van der Waals surface area contributed by atoms with Gasteiger partial charge in [0.15, 0.2) is 56.3 Å². The molecule has 143 heavy (non-hydrogen) atoms. The Kier molecular flexibility index (Phi) is 36.1. The molecule has 2 aliphatic rings. The van der Waals surface area contributed by atoms with E-state index in [1.807, 2.05) is 0 Å². The first-order chi connectivity index (χ1) is 66.9. The number of amides is 1. The Hall–Kier alpha value is -13.9. The molecule has 2 aromatic heterocycles. The van der Waals surface area contributed by atoms with Gasteiger partial charge >= 0.3 is 17.3 Å². The number of hydrogen-bond acceptors (Lipinski definition) is 31. The maximum atomic E-state index is 14.2. The van der Waals surface area contributed by atoms with Gasteiger partial charge in [-0.1, -0.05) is 156 Å². The predicted molar refractivity (Wildman–Crippen MR) is 541 cm³/mol. The second-order valence-electron chi connectivity index (χ2n) is 40.2. The molecule has 10 aromatic rings. The van der Waals surface area contributed by atoms with Gasteiger partial charge in [-0.15, -0.1) is 0 Å². The highest BCUT2D eigenvalue weighted by Crippen LogP contribution is 2.48. The number of nitrogens with two attached hydrogens (primary N) is 1. The third kappa shape index (κ3) is 28.8. The van der Waals surface area contributed by atoms with Crippen molar-refractivity contribution in [3.8, 4) is 34.5 Å². The van der Waals surface area contributed by atoms with E-state index in [1.54, 1.807) is 48.7 Å². The van der Waals surface area contributed by atoms with Crippen LogP contribution in [-0.4, -0.2) is 137 Å². The maximum absolute atomic E-state index is 14.2. The molecule has 6 atom stereocenters. The van der Waals surface area contributed by atoms with Crippen molar-refractivity contribution < 1.29 is 99.8 Å². The normalized spacial score (nSPS) is 16.1. The van der Waals surface area contributed by atoms with E-state index < -0.39 is 124 Å². The van der Waals surface area contributed by atoms with Crippen LogP contribution in [0.2, 0.25) is 72.5 Å². The summed E-state index contributed by atoms with van der Waals surface area (Å²) in [4.78, 5) is 127. The SMILES string of the molecule is CC(C)(C)[Si](C)(C)OC[C@H]1O[C@@H](n2ccc(N)nc2=O)CC1O[Si](C)(C)C(C)(C)C.CC(C)(C)[Si](C)(C)OC[C@H]1O[C@@H](n2ccc(NC(=O)c3cc(OCc4ccccc4[N+](=O)[O-])c(OCc4ccccc4[N+](=O)[O-])c(OCc4ccccc4[N+](=O)[O-])c3)nc2=O)CC1O[Si](C)(C)C(C)(C)C.O=C(O)c1cc(OCc2ccccc2[N+](=O)[O-])c(OCc2ccccc2[N+](=O)[O-])c(OCc2ccccc2[N+](=O)[O-])c1. The standard InChI is InChI=1S/C49H60N6O14Si2.C28H21N3O11.C21H41N3O4Si2/c1-48(2,3)70(7,8)67-31-42-39(69-71(9,10)49(4,5)6)27-44(68-42)52-24-23-43(51-47(52)57)50-46(56)35-25-40(64-28-32-17-11-14-20-36(32)53(58)59)45(66-30-34-19-13-16-22-38(34)55(62)63)41(26-35)65-29-33-18-12-15-21-37(33)54(60)61;32-28(33)21-13-25(40-15-18-7-1-4-10-22(18)29(34)35)27(42-17-20-9-3-6-12-24(20)31(38)39)26(14-21)41-16-19-8-2-5-11-23(19)30(36)37;1-20(2,3)29(7,8)26-14-16-15(28-30(9,10)21(4,5)6)13-18(27-16)24-12-11-17(22)23-19(24)25/h11-26,39,42,44H,27-31H2,1-10H3,(H,50,51,56,57);1-14H,15-17H2,(H,32,33);11-12,15-16,18H,13-14H2,1-10H3,(H2,22,23,25)/t39?,42-,44-;;15?,16-,18-/m1.1/s1. The Morgan fingerprint density at radius 1 is 0.399 bits per heavy atom. The van der Waals surface area contributed by atoms with Gasteiger partial charge in [-0.05, 0) is 145 Å². The lowest BCUT2D eigenvalue weighted by atomic mass is 10.1. The summed E-state index contributed by atoms with van der Waals surface area (Å²) < 4.78 is 78.4. The van der Waals surface area contributed by atoms with Crippen LogP contribution in [0.4, 0.5) is 45.8 Å². The van der Waals surface area contributed by atoms with E-state index in [0.29, 0.717) is 19.4 Å². The van der Waals surface area contributed by atoms with Gasteiger partial charge in [0.1, 0.15) is 75.9 Å². The summed E-state index contributed by atoms with van der Waals surface area (Å²) in [6, 6.07) is 42.6. The topological polar surface area (TPSA) is 532 Å². The molecule has 2 unspecified atom stereocenters. The molecule has 2 aliphatic heterocycles. The van der Waals surface area contributed by atoms with Gasteiger partial charge in [-0.2, -0.15) is 9.97 Å². The van der Waals surface area contributed by atoms with Gasteiger partial charge in [0.2, 0.25) is 11.5 Å². The molecule has 12 rings (SSSR count). The average Bonchev–Trinajstić information content (AvgIpc) is 1.74. The second kappa shape index (κ2) is 46.4. The number of aromatic carboxylic acids is 1. The van der Waals surface area contributed by atoms with Crippen LogP contribution in [0.15, 0.2) is 204 Å². The molecule has 45 heteroatoms. The smallest absolute Gasteiger partial charge is 0.351 e. The number of carbonyl (C=O) groups is 2. The molecule has 8 aromatic carbocycles. The summed E-state index contributed by atoms with van der Waals surface area (Å²) >= 11 is 0. The number of nitrogens with zero attached hydrogens (tertiary/aromatic N) is 10. The number of carboxylic acids is 1. The van der Waals surface area contributed by atoms with Gasteiger partial charge in [-0.3, -0.25) is 74.6 Å². The number of carbonyl (C=O) groups excluding carboxylic acids is 1. The van der Waals surface area contributed by atoms with Crippen LogP contribution in [0.3, 0.4) is 0 Å². The van der Waals surface area contributed by atoms with E-state index in [-0.39, 0.29) is 190 Å². The number of nitro groups is 6. The van der Waals surface area contributed by atoms with Crippen LogP contribution in [0.5, 0.6) is 34.5 Å². The van der Waals surface area contributed by atoms with E-state index in [2.05, 4.69) is 151 Å². The third-order valence-corrected chi connectivity index (χ3v) is 44.2. The third-order valence-electron chi connectivity index (χ3n) is 26.2. The minimum atomic E-state index is -2.30. The zero-order chi connectivity index (χ0) is 105. The Labute approximate surface area is 829 Å². The number of aromatic nitrogens is 4. The van der Waals surface area contributed by atoms with Crippen molar-refractivity contribution in [3.63, 3.8) is 0 Å². The molecular weight excluding hydrogens is 1920 g/mol. The Bertz CT molecular complexity index is 6270. The molecule has 2 fully saturated rings. The van der Waals surface area contributed by atoms with E-state index in [1.165, 1.54) is 143 Å². The van der Waals surface area contributed by atoms with Crippen molar-refractivity contribution in [2.45, 2.75) is 245 Å². The minimum Gasteiger partial charge on any atom is -0.485 e. The van der Waals surface area contributed by atoms with Crippen LogP contribution in [0, 0.1) is 60.7 Å². The van der Waals surface area contributed by atoms with Gasteiger partial charge in [0.25, 0.3) is 40.0 Å². The fraction of sp³-hybridized carbons (Fsp3) is 0.408. The lowest BCUT2D eigenvalue weighted by Crippen LogP contribution is -2.48.